The van der Waals surface area contributed by atoms with Gasteiger partial charge in [0.05, 0.1) is 43.7 Å². The van der Waals surface area contributed by atoms with Crippen molar-refractivity contribution in [2.75, 3.05) is 52.6 Å². The van der Waals surface area contributed by atoms with Crippen LogP contribution in [0.4, 0.5) is 0 Å². The van der Waals surface area contributed by atoms with E-state index in [0.717, 1.165) is 101 Å². The van der Waals surface area contributed by atoms with Crippen LogP contribution in [0.3, 0.4) is 0 Å². The Morgan fingerprint density at radius 3 is 1.45 bits per heavy atom. The highest BCUT2D eigenvalue weighted by molar-refractivity contribution is 7.89. The number of carbonyl (C=O) groups excluding carboxylic acids is 1. The minimum absolute atomic E-state index is 0.0150. The van der Waals surface area contributed by atoms with Gasteiger partial charge in [-0.2, -0.15) is 8.61 Å². The van der Waals surface area contributed by atoms with Gasteiger partial charge in [0, 0.05) is 82.6 Å². The lowest BCUT2D eigenvalue weighted by atomic mass is 9.94. The average Bonchev–Trinajstić information content (AvgIpc) is 3.67. The van der Waals surface area contributed by atoms with Crippen LogP contribution < -0.4 is 5.32 Å². The molecule has 18 heteroatoms. The standard InChI is InChI=1S/C25H36N4O4S.C22H31N3O5S/c1-25(2,3)24-27-21-14-20(6-7-22(21)29(24)15-17-9-12-33-13-10-17)34(31,32)28-11-8-18(16-28)23(30)26-19-4-5-19;1-22(2,3)21-23-18-12-17(31(28,29)24-9-6-16(14-24)20(26)27)4-5-19(18)25(21)13-15-7-10-30-11-8-15/h6-7,14,17-19H,4-5,8-13,15-16H2,1-3H3,(H,26,30);4-5,12,15-16H,6-11,13-14H2,1-3H3,(H,26,27). The largest absolute Gasteiger partial charge is 0.481 e. The van der Waals surface area contributed by atoms with Crippen LogP contribution in [0.5, 0.6) is 0 Å². The van der Waals surface area contributed by atoms with Gasteiger partial charge in [0.25, 0.3) is 0 Å². The Labute approximate surface area is 383 Å². The summed E-state index contributed by atoms with van der Waals surface area (Å²) in [6, 6.07) is 10.7. The maximum absolute atomic E-state index is 13.4. The Hall–Kier alpha value is -3.94. The van der Waals surface area contributed by atoms with E-state index in [1.807, 2.05) is 12.1 Å². The summed E-state index contributed by atoms with van der Waals surface area (Å²) in [5.74, 6) is 1.06. The molecule has 5 aliphatic rings. The highest BCUT2D eigenvalue weighted by Gasteiger charge is 2.39. The lowest BCUT2D eigenvalue weighted by Gasteiger charge is -2.26. The normalized spacial score (nSPS) is 22.4. The highest BCUT2D eigenvalue weighted by atomic mass is 32.2. The summed E-state index contributed by atoms with van der Waals surface area (Å²) in [5, 5.41) is 12.2. The Balaban J connectivity index is 0.000000178. The van der Waals surface area contributed by atoms with E-state index in [-0.39, 0.29) is 58.1 Å². The van der Waals surface area contributed by atoms with Crippen LogP contribution in [-0.4, -0.2) is 120 Å². The molecular formula is C47H67N7O9S2. The van der Waals surface area contributed by atoms with Crippen molar-refractivity contribution in [1.29, 1.82) is 0 Å². The average molecular weight is 938 g/mol. The number of carboxylic acids is 1. The Morgan fingerprint density at radius 1 is 0.646 bits per heavy atom. The summed E-state index contributed by atoms with van der Waals surface area (Å²) in [5.41, 5.74) is 2.92. The monoisotopic (exact) mass is 937 g/mol. The molecule has 2 aromatic heterocycles. The van der Waals surface area contributed by atoms with E-state index in [2.05, 4.69) is 56.0 Å². The molecule has 65 heavy (non-hydrogen) atoms. The van der Waals surface area contributed by atoms with Gasteiger partial charge in [0.15, 0.2) is 0 Å². The third-order valence-electron chi connectivity index (χ3n) is 13.6. The second-order valence-corrected chi connectivity index (χ2v) is 24.7. The zero-order chi connectivity index (χ0) is 46.5. The van der Waals surface area contributed by atoms with Crippen molar-refractivity contribution < 1.29 is 41.0 Å². The first kappa shape index (κ1) is 47.5. The fourth-order valence-corrected chi connectivity index (χ4v) is 12.6. The van der Waals surface area contributed by atoms with Gasteiger partial charge >= 0.3 is 5.97 Å². The van der Waals surface area contributed by atoms with Crippen LogP contribution >= 0.6 is 0 Å². The molecule has 0 spiro atoms. The van der Waals surface area contributed by atoms with Crippen LogP contribution in [0.25, 0.3) is 22.1 Å². The first-order valence-corrected chi connectivity index (χ1v) is 26.3. The lowest BCUT2D eigenvalue weighted by molar-refractivity contribution is -0.141. The molecule has 2 unspecified atom stereocenters. The molecule has 6 heterocycles. The van der Waals surface area contributed by atoms with Crippen LogP contribution in [0.15, 0.2) is 46.2 Å². The minimum Gasteiger partial charge on any atom is -0.481 e. The molecule has 4 saturated heterocycles. The molecule has 4 aliphatic heterocycles. The molecule has 5 fully saturated rings. The molecular weight excluding hydrogens is 871 g/mol. The van der Waals surface area contributed by atoms with Crippen molar-refractivity contribution in [2.45, 2.75) is 133 Å². The van der Waals surface area contributed by atoms with Gasteiger partial charge in [-0.25, -0.2) is 26.8 Å². The number of sulfonamides is 2. The quantitative estimate of drug-likeness (QED) is 0.182. The molecule has 4 aromatic rings. The molecule has 1 saturated carbocycles. The SMILES string of the molecule is CC(C)(C)c1nc2cc(S(=O)(=O)N3CCC(C(=O)NC4CC4)C3)ccc2n1CC1CCOCC1.CC(C)(C)c1nc2cc(S(=O)(=O)N3CCC(C(=O)O)C3)ccc2n1CC1CCOCC1. The molecule has 2 aromatic carbocycles. The van der Waals surface area contributed by atoms with Crippen molar-refractivity contribution in [3.63, 3.8) is 0 Å². The third-order valence-corrected chi connectivity index (χ3v) is 17.3. The lowest BCUT2D eigenvalue weighted by Crippen LogP contribution is -2.35. The van der Waals surface area contributed by atoms with E-state index in [4.69, 9.17) is 19.4 Å². The molecule has 0 radical (unpaired) electrons. The highest BCUT2D eigenvalue weighted by Crippen LogP contribution is 2.34. The van der Waals surface area contributed by atoms with E-state index in [1.165, 1.54) is 8.61 Å². The Bertz CT molecular complexity index is 2610. The zero-order valence-corrected chi connectivity index (χ0v) is 40.4. The number of rotatable bonds is 11. The van der Waals surface area contributed by atoms with Gasteiger partial charge in [-0.1, -0.05) is 41.5 Å². The molecule has 16 nitrogen and oxygen atoms in total. The first-order valence-electron chi connectivity index (χ1n) is 23.4. The van der Waals surface area contributed by atoms with Crippen molar-refractivity contribution >= 4 is 54.0 Å². The van der Waals surface area contributed by atoms with E-state index in [0.29, 0.717) is 42.3 Å². The Morgan fingerprint density at radius 2 is 1.06 bits per heavy atom. The van der Waals surface area contributed by atoms with Crippen molar-refractivity contribution in [2.24, 2.45) is 23.7 Å². The number of aliphatic carboxylic acids is 1. The predicted molar refractivity (Wildman–Crippen MR) is 246 cm³/mol. The van der Waals surface area contributed by atoms with Gasteiger partial charge < -0.3 is 29.0 Å². The third kappa shape index (κ3) is 10.5. The summed E-state index contributed by atoms with van der Waals surface area (Å²) >= 11 is 0. The second kappa shape index (κ2) is 18.6. The number of carbonyl (C=O) groups is 2. The number of aromatic nitrogens is 4. The molecule has 9 rings (SSSR count). The van der Waals surface area contributed by atoms with E-state index < -0.39 is 31.9 Å². The number of hydrogen-bond donors (Lipinski definition) is 2. The number of fused-ring (bicyclic) bond motifs is 2. The van der Waals surface area contributed by atoms with Gasteiger partial charge in [-0.05, 0) is 99.6 Å². The molecule has 1 amide bonds. The summed E-state index contributed by atoms with van der Waals surface area (Å²) in [7, 11) is -7.45. The number of amides is 1. The van der Waals surface area contributed by atoms with Gasteiger partial charge in [0.2, 0.25) is 26.0 Å². The van der Waals surface area contributed by atoms with Gasteiger partial charge in [0.1, 0.15) is 11.6 Å². The number of nitrogens with one attached hydrogen (secondary N) is 1. The first-order chi connectivity index (χ1) is 30.7. The van der Waals surface area contributed by atoms with E-state index in [1.54, 1.807) is 24.3 Å². The number of benzene rings is 2. The minimum atomic E-state index is -3.76. The molecule has 356 valence electrons. The molecule has 2 N–H and O–H groups in total. The number of nitrogens with zero attached hydrogens (tertiary/aromatic N) is 6. The maximum Gasteiger partial charge on any atom is 0.307 e. The van der Waals surface area contributed by atoms with Crippen LogP contribution in [0.2, 0.25) is 0 Å². The summed E-state index contributed by atoms with van der Waals surface area (Å²) in [4.78, 5) is 33.8. The topological polar surface area (TPSA) is 195 Å². The van der Waals surface area contributed by atoms with Crippen molar-refractivity contribution in [3.8, 4) is 0 Å². The Kier molecular flexibility index (Phi) is 13.6. The molecule has 0 bridgehead atoms. The summed E-state index contributed by atoms with van der Waals surface area (Å²) < 4.78 is 71.4. The fourth-order valence-electron chi connectivity index (χ4n) is 9.58. The van der Waals surface area contributed by atoms with Gasteiger partial charge in [-0.15, -0.1) is 0 Å². The fraction of sp³-hybridized carbons (Fsp3) is 0.660. The second-order valence-electron chi connectivity index (χ2n) is 20.8. The van der Waals surface area contributed by atoms with E-state index >= 15 is 0 Å². The zero-order valence-electron chi connectivity index (χ0n) is 38.8. The smallest absolute Gasteiger partial charge is 0.307 e. The maximum atomic E-state index is 13.4. The molecule has 2 atom stereocenters. The van der Waals surface area contributed by atoms with Crippen LogP contribution in [0.1, 0.15) is 105 Å². The summed E-state index contributed by atoms with van der Waals surface area (Å²) in [6.07, 6.45) is 7.03. The number of ether oxygens (including phenoxy) is 2. The molecule has 1 aliphatic carbocycles. The number of carboxylic acid groups (broad SMARTS) is 1. The van der Waals surface area contributed by atoms with Crippen LogP contribution in [-0.2, 0) is 63.0 Å². The van der Waals surface area contributed by atoms with Crippen molar-refractivity contribution in [3.05, 3.63) is 48.0 Å². The van der Waals surface area contributed by atoms with Crippen LogP contribution in [0, 0.1) is 23.7 Å². The summed E-state index contributed by atoms with van der Waals surface area (Å²) in [6.45, 7) is 18.5. The van der Waals surface area contributed by atoms with Crippen molar-refractivity contribution in [1.82, 2.24) is 33.0 Å². The number of imidazole rings is 2. The van der Waals surface area contributed by atoms with E-state index in [9.17, 15) is 31.5 Å². The predicted octanol–water partition coefficient (Wildman–Crippen LogP) is 5.91. The van der Waals surface area contributed by atoms with Gasteiger partial charge in [-0.3, -0.25) is 9.59 Å². The number of hydrogen-bond acceptors (Lipinski definition) is 10.